The van der Waals surface area contributed by atoms with Crippen molar-refractivity contribution in [1.82, 2.24) is 14.9 Å². The molecule has 5 nitrogen and oxygen atoms in total. The van der Waals surface area contributed by atoms with E-state index < -0.39 is 0 Å². The van der Waals surface area contributed by atoms with Gasteiger partial charge in [-0.3, -0.25) is 9.98 Å². The number of benzene rings is 1. The largest absolute Gasteiger partial charge is 0.380 e. The highest BCUT2D eigenvalue weighted by molar-refractivity contribution is 5.98. The van der Waals surface area contributed by atoms with Crippen LogP contribution in [0.1, 0.15) is 37.9 Å². The quantitative estimate of drug-likeness (QED) is 0.792. The second-order valence-electron chi connectivity index (χ2n) is 8.55. The van der Waals surface area contributed by atoms with Crippen molar-refractivity contribution in [2.24, 2.45) is 21.8 Å². The molecule has 0 bridgehead atoms. The number of aliphatic imine (C=N–C) groups is 2. The van der Waals surface area contributed by atoms with Gasteiger partial charge in [0, 0.05) is 36.7 Å². The van der Waals surface area contributed by atoms with Crippen molar-refractivity contribution in [3.8, 4) is 0 Å². The van der Waals surface area contributed by atoms with E-state index in [0.29, 0.717) is 11.8 Å². The number of aromatic nitrogens is 2. The molecule has 5 rings (SSSR count). The first-order valence-electron chi connectivity index (χ1n) is 11.0. The summed E-state index contributed by atoms with van der Waals surface area (Å²) < 4.78 is 15.8. The van der Waals surface area contributed by atoms with Gasteiger partial charge in [-0.25, -0.2) is 9.37 Å². The average Bonchev–Trinajstić information content (AvgIpc) is 3.08. The highest BCUT2D eigenvalue weighted by atomic mass is 19.1. The molecule has 1 aromatic heterocycles. The minimum Gasteiger partial charge on any atom is -0.380 e. The molecule has 1 N–H and O–H groups in total. The number of allylic oxidation sites excluding steroid dienone is 2. The molecule has 0 amide bonds. The van der Waals surface area contributed by atoms with E-state index >= 15 is 0 Å². The summed E-state index contributed by atoms with van der Waals surface area (Å²) in [6.45, 7) is 3.67. The van der Waals surface area contributed by atoms with Crippen molar-refractivity contribution in [2.45, 2.75) is 51.6 Å². The maximum absolute atomic E-state index is 13.5. The lowest BCUT2D eigenvalue weighted by Gasteiger charge is -2.37. The van der Waals surface area contributed by atoms with Gasteiger partial charge in [-0.2, -0.15) is 0 Å². The smallest absolute Gasteiger partial charge is 0.125 e. The van der Waals surface area contributed by atoms with Gasteiger partial charge in [0.15, 0.2) is 0 Å². The van der Waals surface area contributed by atoms with Crippen LogP contribution in [0.15, 0.2) is 52.2 Å². The molecule has 0 saturated heterocycles. The van der Waals surface area contributed by atoms with Crippen molar-refractivity contribution < 1.29 is 4.39 Å². The van der Waals surface area contributed by atoms with Crippen molar-refractivity contribution in [2.75, 3.05) is 6.54 Å². The fraction of sp³-hybridized carbons (Fsp3) is 0.458. The molecule has 156 valence electrons. The van der Waals surface area contributed by atoms with Gasteiger partial charge in [-0.15, -0.1) is 0 Å². The van der Waals surface area contributed by atoms with E-state index in [1.165, 1.54) is 30.7 Å². The minimum atomic E-state index is -0.233. The number of nitrogens with one attached hydrogen (secondary N) is 1. The fourth-order valence-corrected chi connectivity index (χ4v) is 5.13. The summed E-state index contributed by atoms with van der Waals surface area (Å²) >= 11 is 0. The van der Waals surface area contributed by atoms with E-state index in [2.05, 4.69) is 32.0 Å². The van der Waals surface area contributed by atoms with Gasteiger partial charge in [0.2, 0.25) is 0 Å². The van der Waals surface area contributed by atoms with E-state index in [1.807, 2.05) is 25.4 Å². The Morgan fingerprint density at radius 1 is 1.30 bits per heavy atom. The molecule has 2 aliphatic heterocycles. The molecule has 30 heavy (non-hydrogen) atoms. The van der Waals surface area contributed by atoms with Crippen LogP contribution in [-0.2, 0) is 6.54 Å². The topological polar surface area (TPSA) is 54.6 Å². The molecule has 0 spiro atoms. The van der Waals surface area contributed by atoms with Crippen LogP contribution in [0.2, 0.25) is 0 Å². The third-order valence-corrected chi connectivity index (χ3v) is 6.60. The summed E-state index contributed by atoms with van der Waals surface area (Å²) in [7, 11) is 0. The molecule has 3 unspecified atom stereocenters. The molecule has 1 aromatic carbocycles. The second kappa shape index (κ2) is 8.17. The predicted molar refractivity (Wildman–Crippen MR) is 119 cm³/mol. The van der Waals surface area contributed by atoms with Gasteiger partial charge in [-0.1, -0.05) is 6.08 Å². The monoisotopic (exact) mass is 405 g/mol. The number of hydrogen-bond donors (Lipinski definition) is 1. The van der Waals surface area contributed by atoms with Crippen LogP contribution >= 0.6 is 0 Å². The zero-order chi connectivity index (χ0) is 20.5. The van der Waals surface area contributed by atoms with E-state index in [1.54, 1.807) is 0 Å². The Kier molecular flexibility index (Phi) is 5.23. The Morgan fingerprint density at radius 3 is 3.10 bits per heavy atom. The number of nitrogens with zero attached hydrogens (tertiary/aromatic N) is 4. The summed E-state index contributed by atoms with van der Waals surface area (Å²) in [5.74, 6) is 1.80. The number of fused-ring (bicyclic) bond motifs is 2. The summed E-state index contributed by atoms with van der Waals surface area (Å²) in [4.78, 5) is 14.1. The zero-order valence-corrected chi connectivity index (χ0v) is 17.4. The fourth-order valence-electron chi connectivity index (χ4n) is 5.13. The Labute approximate surface area is 176 Å². The van der Waals surface area contributed by atoms with Crippen LogP contribution < -0.4 is 5.32 Å². The SMILES string of the molecule is Cc1nc2cc(F)ccc2n1CCCC1CC2CCC=CC2=NC1C1=CN=CCN1. The van der Waals surface area contributed by atoms with Crippen molar-refractivity contribution in [3.05, 3.63) is 53.9 Å². The highest BCUT2D eigenvalue weighted by Gasteiger charge is 2.34. The number of imidazole rings is 1. The lowest BCUT2D eigenvalue weighted by atomic mass is 9.76. The van der Waals surface area contributed by atoms with Gasteiger partial charge in [0.1, 0.15) is 11.6 Å². The molecule has 2 aromatic rings. The molecular formula is C24H28FN5. The number of aryl methyl sites for hydroxylation is 2. The first-order valence-corrected chi connectivity index (χ1v) is 11.0. The molecule has 3 atom stereocenters. The standard InChI is InChI=1S/C24H28FN5/c1-16-28-21-14-19(25)8-9-23(21)30(16)12-4-6-18-13-17-5-2-3-7-20(17)29-24(18)22-15-26-10-11-27-22/h3,7-10,14-15,17-18,24,27H,2,4-6,11-13H2,1H3. The van der Waals surface area contributed by atoms with Gasteiger partial charge in [0.25, 0.3) is 0 Å². The first-order chi connectivity index (χ1) is 14.7. The lowest BCUT2D eigenvalue weighted by molar-refractivity contribution is 0.316. The molecule has 0 radical (unpaired) electrons. The molecule has 3 aliphatic rings. The maximum Gasteiger partial charge on any atom is 0.125 e. The molecule has 0 saturated carbocycles. The van der Waals surface area contributed by atoms with Crippen LogP contribution in [0.4, 0.5) is 4.39 Å². The van der Waals surface area contributed by atoms with Crippen molar-refractivity contribution >= 4 is 23.0 Å². The third-order valence-electron chi connectivity index (χ3n) is 6.60. The third kappa shape index (κ3) is 3.71. The minimum absolute atomic E-state index is 0.158. The van der Waals surface area contributed by atoms with Crippen LogP contribution in [0.25, 0.3) is 11.0 Å². The van der Waals surface area contributed by atoms with Crippen LogP contribution in [0.5, 0.6) is 0 Å². The summed E-state index contributed by atoms with van der Waals surface area (Å²) in [5.41, 5.74) is 4.16. The average molecular weight is 406 g/mol. The Bertz CT molecular complexity index is 1060. The highest BCUT2D eigenvalue weighted by Crippen LogP contribution is 2.36. The van der Waals surface area contributed by atoms with E-state index in [9.17, 15) is 4.39 Å². The molecule has 3 heterocycles. The normalized spacial score (nSPS) is 25.6. The summed E-state index contributed by atoms with van der Waals surface area (Å²) in [5, 5.41) is 3.49. The number of rotatable bonds is 5. The Morgan fingerprint density at radius 2 is 2.23 bits per heavy atom. The van der Waals surface area contributed by atoms with Gasteiger partial charge >= 0.3 is 0 Å². The molecule has 1 aliphatic carbocycles. The lowest BCUT2D eigenvalue weighted by Crippen LogP contribution is -2.38. The predicted octanol–water partition coefficient (Wildman–Crippen LogP) is 4.58. The Hall–Kier alpha value is -2.76. The second-order valence-corrected chi connectivity index (χ2v) is 8.55. The van der Waals surface area contributed by atoms with E-state index in [4.69, 9.17) is 4.99 Å². The summed E-state index contributed by atoms with van der Waals surface area (Å²) in [6, 6.07) is 5.04. The Balaban J connectivity index is 1.34. The van der Waals surface area contributed by atoms with Gasteiger partial charge < -0.3 is 9.88 Å². The number of halogens is 1. The first kappa shape index (κ1) is 19.2. The van der Waals surface area contributed by atoms with E-state index in [-0.39, 0.29) is 11.9 Å². The summed E-state index contributed by atoms with van der Waals surface area (Å²) in [6.07, 6.45) is 14.0. The molecule has 0 fully saturated rings. The zero-order valence-electron chi connectivity index (χ0n) is 17.4. The van der Waals surface area contributed by atoms with Crippen molar-refractivity contribution in [3.63, 3.8) is 0 Å². The van der Waals surface area contributed by atoms with Crippen molar-refractivity contribution in [1.29, 1.82) is 0 Å². The van der Waals surface area contributed by atoms with E-state index in [0.717, 1.165) is 54.9 Å². The van der Waals surface area contributed by atoms with Gasteiger partial charge in [-0.05, 0) is 63.2 Å². The van der Waals surface area contributed by atoms with Crippen LogP contribution in [-0.4, -0.2) is 34.1 Å². The molecular weight excluding hydrogens is 377 g/mol. The molecule has 6 heteroatoms. The number of hydrogen-bond acceptors (Lipinski definition) is 4. The van der Waals surface area contributed by atoms with Crippen LogP contribution in [0.3, 0.4) is 0 Å². The maximum atomic E-state index is 13.5. The van der Waals surface area contributed by atoms with Gasteiger partial charge in [0.05, 0.1) is 29.3 Å². The van der Waals surface area contributed by atoms with Crippen LogP contribution in [0, 0.1) is 24.6 Å².